The molecular formula is C16H25N3O3S. The molecule has 0 spiro atoms. The number of carbonyl (C=O) groups excluding carboxylic acids is 1. The van der Waals surface area contributed by atoms with Gasteiger partial charge in [-0.2, -0.15) is 0 Å². The third-order valence-corrected chi connectivity index (χ3v) is 4.54. The Morgan fingerprint density at radius 1 is 1.35 bits per heavy atom. The molecule has 23 heavy (non-hydrogen) atoms. The molecule has 1 aromatic rings. The van der Waals surface area contributed by atoms with Gasteiger partial charge in [0.25, 0.3) is 0 Å². The van der Waals surface area contributed by atoms with Crippen molar-refractivity contribution in [2.24, 2.45) is 5.73 Å². The fourth-order valence-electron chi connectivity index (χ4n) is 2.92. The summed E-state index contributed by atoms with van der Waals surface area (Å²) in [4.78, 5) is 14.1. The lowest BCUT2D eigenvalue weighted by molar-refractivity contribution is -0.127. The molecule has 1 fully saturated rings. The molecule has 1 saturated heterocycles. The van der Waals surface area contributed by atoms with Crippen LogP contribution in [0.25, 0.3) is 0 Å². The second-order valence-electron chi connectivity index (χ2n) is 5.60. The van der Waals surface area contributed by atoms with Gasteiger partial charge in [0.2, 0.25) is 5.91 Å². The lowest BCUT2D eigenvalue weighted by Crippen LogP contribution is -2.53. The van der Waals surface area contributed by atoms with Gasteiger partial charge in [-0.1, -0.05) is 0 Å². The van der Waals surface area contributed by atoms with Gasteiger partial charge in [-0.25, -0.2) is 0 Å². The summed E-state index contributed by atoms with van der Waals surface area (Å²) in [5.41, 5.74) is 7.22. The minimum atomic E-state index is -0.343. The Kier molecular flexibility index (Phi) is 6.15. The van der Waals surface area contributed by atoms with Crippen LogP contribution >= 0.6 is 12.6 Å². The first-order valence-electron chi connectivity index (χ1n) is 7.67. The highest BCUT2D eigenvalue weighted by atomic mass is 32.1. The number of hydrogen-bond acceptors (Lipinski definition) is 6. The lowest BCUT2D eigenvalue weighted by atomic mass is 9.97. The molecule has 7 heteroatoms. The van der Waals surface area contributed by atoms with E-state index in [4.69, 9.17) is 15.2 Å². The zero-order valence-corrected chi connectivity index (χ0v) is 14.7. The summed E-state index contributed by atoms with van der Waals surface area (Å²) in [7, 11) is 3.27. The van der Waals surface area contributed by atoms with Gasteiger partial charge < -0.3 is 20.5 Å². The van der Waals surface area contributed by atoms with Gasteiger partial charge >= 0.3 is 0 Å². The van der Waals surface area contributed by atoms with E-state index in [1.807, 2.05) is 19.1 Å². The highest BCUT2D eigenvalue weighted by molar-refractivity contribution is 7.80. The summed E-state index contributed by atoms with van der Waals surface area (Å²) >= 11 is 4.51. The third-order valence-electron chi connectivity index (χ3n) is 4.11. The van der Waals surface area contributed by atoms with Crippen LogP contribution in [0.3, 0.4) is 0 Å². The fraction of sp³-hybridized carbons (Fsp3) is 0.562. The summed E-state index contributed by atoms with van der Waals surface area (Å²) in [6, 6.07) is 3.77. The molecular weight excluding hydrogens is 314 g/mol. The molecule has 2 atom stereocenters. The molecule has 0 saturated carbocycles. The van der Waals surface area contributed by atoms with Gasteiger partial charge in [0.15, 0.2) is 0 Å². The van der Waals surface area contributed by atoms with Gasteiger partial charge in [0.1, 0.15) is 17.0 Å². The van der Waals surface area contributed by atoms with Crippen LogP contribution in [0.4, 0.5) is 0 Å². The van der Waals surface area contributed by atoms with E-state index in [0.717, 1.165) is 35.6 Å². The number of nitrogens with two attached hydrogens (primary N) is 1. The zero-order chi connectivity index (χ0) is 17.0. The van der Waals surface area contributed by atoms with Crippen LogP contribution in [0.5, 0.6) is 11.5 Å². The van der Waals surface area contributed by atoms with Crippen LogP contribution in [0.15, 0.2) is 12.1 Å². The highest BCUT2D eigenvalue weighted by Crippen LogP contribution is 2.39. The number of thiol groups is 1. The van der Waals surface area contributed by atoms with Crippen molar-refractivity contribution < 1.29 is 14.3 Å². The van der Waals surface area contributed by atoms with Crippen molar-refractivity contribution in [2.75, 3.05) is 27.3 Å². The molecule has 1 aliphatic heterocycles. The van der Waals surface area contributed by atoms with Crippen LogP contribution in [-0.4, -0.2) is 43.6 Å². The number of aryl methyl sites for hydroxylation is 1. The molecule has 1 aromatic carbocycles. The molecule has 1 amide bonds. The van der Waals surface area contributed by atoms with Crippen molar-refractivity contribution in [3.8, 4) is 11.5 Å². The van der Waals surface area contributed by atoms with Crippen molar-refractivity contribution in [3.05, 3.63) is 23.3 Å². The Labute approximate surface area is 142 Å². The van der Waals surface area contributed by atoms with Crippen molar-refractivity contribution in [3.63, 3.8) is 0 Å². The topological polar surface area (TPSA) is 76.8 Å². The van der Waals surface area contributed by atoms with Crippen molar-refractivity contribution in [1.29, 1.82) is 0 Å². The first-order valence-corrected chi connectivity index (χ1v) is 8.19. The smallest absolute Gasteiger partial charge is 0.223 e. The van der Waals surface area contributed by atoms with Crippen LogP contribution < -0.4 is 20.5 Å². The third kappa shape index (κ3) is 3.91. The number of carbonyl (C=O) groups is 1. The Hall–Kier alpha value is -1.44. The van der Waals surface area contributed by atoms with E-state index in [0.29, 0.717) is 13.0 Å². The summed E-state index contributed by atoms with van der Waals surface area (Å²) in [5, 5.41) is 2.85. The second-order valence-corrected chi connectivity index (χ2v) is 6.09. The molecule has 1 aliphatic rings. The number of hydrogen-bond donors (Lipinski definition) is 3. The normalized spacial score (nSPS) is 21.9. The number of rotatable bonds is 6. The molecule has 0 bridgehead atoms. The summed E-state index contributed by atoms with van der Waals surface area (Å²) < 4.78 is 11.0. The van der Waals surface area contributed by atoms with Gasteiger partial charge in [0.05, 0.1) is 20.3 Å². The van der Waals surface area contributed by atoms with Gasteiger partial charge in [-0.3, -0.25) is 9.69 Å². The Balaban J connectivity index is 2.43. The van der Waals surface area contributed by atoms with E-state index in [1.54, 1.807) is 14.2 Å². The number of benzene rings is 1. The first-order chi connectivity index (χ1) is 11.0. The summed E-state index contributed by atoms with van der Waals surface area (Å²) in [6.45, 7) is 3.30. The lowest BCUT2D eigenvalue weighted by Gasteiger charge is -2.40. The Morgan fingerprint density at radius 2 is 2.04 bits per heavy atom. The van der Waals surface area contributed by atoms with Crippen molar-refractivity contribution >= 4 is 18.5 Å². The highest BCUT2D eigenvalue weighted by Gasteiger charge is 2.35. The maximum atomic E-state index is 12.0. The largest absolute Gasteiger partial charge is 0.496 e. The fourth-order valence-corrected chi connectivity index (χ4v) is 3.34. The molecule has 0 aliphatic carbocycles. The standard InChI is InChI=1S/C16H25N3O3S/c1-10-7-14(22-3)11(8-13(10)21-2)12-9-15(20)18-16(23)19(12)6-4-5-17/h7-8,12,16,23H,4-6,9,17H2,1-3H3,(H,18,20). The Morgan fingerprint density at radius 3 is 2.65 bits per heavy atom. The van der Waals surface area contributed by atoms with E-state index < -0.39 is 0 Å². The van der Waals surface area contributed by atoms with Crippen molar-refractivity contribution in [1.82, 2.24) is 10.2 Å². The van der Waals surface area contributed by atoms with E-state index in [2.05, 4.69) is 22.8 Å². The summed E-state index contributed by atoms with van der Waals surface area (Å²) in [5.74, 6) is 1.50. The number of nitrogens with zero attached hydrogens (tertiary/aromatic N) is 1. The average Bonchev–Trinajstić information content (AvgIpc) is 2.53. The summed E-state index contributed by atoms with van der Waals surface area (Å²) in [6.07, 6.45) is 1.18. The molecule has 1 heterocycles. The number of nitrogens with one attached hydrogen (secondary N) is 1. The molecule has 2 unspecified atom stereocenters. The van der Waals surface area contributed by atoms with Gasteiger partial charge in [-0.05, 0) is 37.6 Å². The SMILES string of the molecule is COc1cc(C2CC(=O)NC(S)N2CCCN)c(OC)cc1C. The molecule has 0 radical (unpaired) electrons. The molecule has 2 rings (SSSR count). The average molecular weight is 339 g/mol. The minimum Gasteiger partial charge on any atom is -0.496 e. The van der Waals surface area contributed by atoms with Gasteiger partial charge in [0, 0.05) is 18.5 Å². The molecule has 3 N–H and O–H groups in total. The van der Waals surface area contributed by atoms with E-state index in [1.165, 1.54) is 0 Å². The quantitative estimate of drug-likeness (QED) is 0.684. The van der Waals surface area contributed by atoms with Gasteiger partial charge in [-0.15, -0.1) is 12.6 Å². The number of ether oxygens (including phenoxy) is 2. The van der Waals surface area contributed by atoms with E-state index in [9.17, 15) is 4.79 Å². The second kappa shape index (κ2) is 7.90. The van der Waals surface area contributed by atoms with Crippen molar-refractivity contribution in [2.45, 2.75) is 31.3 Å². The monoisotopic (exact) mass is 339 g/mol. The first kappa shape index (κ1) is 17.9. The molecule has 0 aromatic heterocycles. The van der Waals surface area contributed by atoms with Crippen LogP contribution in [-0.2, 0) is 4.79 Å². The number of methoxy groups -OCH3 is 2. The number of amides is 1. The zero-order valence-electron chi connectivity index (χ0n) is 13.8. The van der Waals surface area contributed by atoms with Crippen LogP contribution in [0.1, 0.15) is 30.0 Å². The molecule has 6 nitrogen and oxygen atoms in total. The maximum Gasteiger partial charge on any atom is 0.223 e. The predicted molar refractivity (Wildman–Crippen MR) is 92.9 cm³/mol. The minimum absolute atomic E-state index is 0.0272. The van der Waals surface area contributed by atoms with E-state index in [-0.39, 0.29) is 17.4 Å². The molecule has 128 valence electrons. The van der Waals surface area contributed by atoms with E-state index >= 15 is 0 Å². The Bertz CT molecular complexity index is 568. The van der Waals surface area contributed by atoms with Crippen LogP contribution in [0, 0.1) is 6.92 Å². The predicted octanol–water partition coefficient (Wildman–Crippen LogP) is 1.44. The maximum absolute atomic E-state index is 12.0. The van der Waals surface area contributed by atoms with Crippen LogP contribution in [0.2, 0.25) is 0 Å².